The number of hydrogen-bond donors (Lipinski definition) is 0. The molecule has 1 aromatic carbocycles. The van der Waals surface area contributed by atoms with Gasteiger partial charge in [-0.2, -0.15) is 0 Å². The Bertz CT molecular complexity index is 354. The Hall–Kier alpha value is -1.41. The fourth-order valence-corrected chi connectivity index (χ4v) is 1.47. The van der Waals surface area contributed by atoms with Gasteiger partial charge in [0, 0.05) is 0 Å². The molecule has 0 aliphatic carbocycles. The highest BCUT2D eigenvalue weighted by molar-refractivity contribution is 5.95. The second kappa shape index (κ2) is 7.80. The molecule has 0 aliphatic heterocycles. The molecular weight excluding hydrogens is 212 g/mol. The van der Waals surface area contributed by atoms with E-state index in [0.29, 0.717) is 12.2 Å². The molecule has 0 atom stereocenters. The number of ketones is 1. The number of rotatable bonds is 8. The Labute approximate surface area is 103 Å². The summed E-state index contributed by atoms with van der Waals surface area (Å²) in [5.41, 5.74) is 1.76. The third-order valence-corrected chi connectivity index (χ3v) is 2.57. The maximum atomic E-state index is 11.6. The van der Waals surface area contributed by atoms with Crippen LogP contribution in [0.25, 0.3) is 0 Å². The van der Waals surface area contributed by atoms with E-state index in [9.17, 15) is 4.79 Å². The maximum absolute atomic E-state index is 11.6. The zero-order valence-electron chi connectivity index (χ0n) is 10.4. The summed E-state index contributed by atoms with van der Waals surface area (Å²) in [4.78, 5) is 11.6. The number of carbonyl (C=O) groups is 1. The Morgan fingerprint density at radius 2 is 2.00 bits per heavy atom. The van der Waals surface area contributed by atoms with Gasteiger partial charge in [-0.25, -0.2) is 0 Å². The van der Waals surface area contributed by atoms with E-state index in [4.69, 9.17) is 4.74 Å². The molecule has 17 heavy (non-hydrogen) atoms. The number of Topliss-reactive ketones (excluding diaryl/α,β-unsaturated/α-hetero) is 1. The molecule has 1 rings (SSSR count). The zero-order chi connectivity index (χ0) is 12.5. The average molecular weight is 232 g/mol. The predicted molar refractivity (Wildman–Crippen MR) is 69.8 cm³/mol. The van der Waals surface area contributed by atoms with Crippen LogP contribution in [0.2, 0.25) is 0 Å². The summed E-state index contributed by atoms with van der Waals surface area (Å²) in [5.74, 6) is 0.0226. The summed E-state index contributed by atoms with van der Waals surface area (Å²) in [6.45, 7) is 6.51. The first-order valence-electron chi connectivity index (χ1n) is 6.06. The Morgan fingerprint density at radius 3 is 2.65 bits per heavy atom. The van der Waals surface area contributed by atoms with Crippen LogP contribution in [0.15, 0.2) is 42.5 Å². The fraction of sp³-hybridized carbons (Fsp3) is 0.400. The summed E-state index contributed by atoms with van der Waals surface area (Å²) in [6, 6.07) is 9.84. The first-order chi connectivity index (χ1) is 8.24. The van der Waals surface area contributed by atoms with Gasteiger partial charge in [-0.15, -0.1) is 0 Å². The molecule has 1 aromatic rings. The Morgan fingerprint density at radius 1 is 1.29 bits per heavy atom. The molecular formula is C15H20O2. The summed E-state index contributed by atoms with van der Waals surface area (Å²) in [6.07, 6.45) is 2.88. The molecule has 0 saturated heterocycles. The number of hydrogen-bond acceptors (Lipinski definition) is 2. The number of carbonyl (C=O) groups excluding carboxylic acids is 1. The predicted octanol–water partition coefficient (Wildman–Crippen LogP) is 3.52. The largest absolute Gasteiger partial charge is 0.369 e. The monoisotopic (exact) mass is 232 g/mol. The van der Waals surface area contributed by atoms with Crippen molar-refractivity contribution >= 4 is 5.78 Å². The smallest absolute Gasteiger partial charge is 0.183 e. The topological polar surface area (TPSA) is 26.3 Å². The molecule has 2 nitrogen and oxygen atoms in total. The van der Waals surface area contributed by atoms with Gasteiger partial charge in [0.05, 0.1) is 6.61 Å². The third kappa shape index (κ3) is 5.45. The quantitative estimate of drug-likeness (QED) is 0.641. The van der Waals surface area contributed by atoms with E-state index < -0.39 is 0 Å². The summed E-state index contributed by atoms with van der Waals surface area (Å²) >= 11 is 0. The van der Waals surface area contributed by atoms with Gasteiger partial charge in [-0.05, 0) is 24.0 Å². The van der Waals surface area contributed by atoms with Gasteiger partial charge in [0.15, 0.2) is 5.78 Å². The van der Waals surface area contributed by atoms with Crippen molar-refractivity contribution < 1.29 is 9.53 Å². The van der Waals surface area contributed by atoms with Crippen molar-refractivity contribution in [3.63, 3.8) is 0 Å². The standard InChI is InChI=1S/C15H20O2/c1-3-4-8-13(2)15(16)12-17-11-14-9-6-5-7-10-14/h5-7,9-10H,2-4,8,11-12H2,1H3. The molecule has 0 spiro atoms. The van der Waals surface area contributed by atoms with Crippen molar-refractivity contribution in [2.24, 2.45) is 0 Å². The summed E-state index contributed by atoms with van der Waals surface area (Å²) < 4.78 is 5.37. The highest BCUT2D eigenvalue weighted by atomic mass is 16.5. The maximum Gasteiger partial charge on any atom is 0.183 e. The van der Waals surface area contributed by atoms with Gasteiger partial charge in [-0.1, -0.05) is 50.3 Å². The van der Waals surface area contributed by atoms with Gasteiger partial charge in [-0.3, -0.25) is 4.79 Å². The molecule has 0 saturated carbocycles. The molecule has 0 aliphatic rings. The van der Waals surface area contributed by atoms with E-state index in [-0.39, 0.29) is 12.4 Å². The highest BCUT2D eigenvalue weighted by Gasteiger charge is 2.06. The number of ether oxygens (including phenoxy) is 1. The lowest BCUT2D eigenvalue weighted by Gasteiger charge is -2.05. The van der Waals surface area contributed by atoms with Gasteiger partial charge in [0.2, 0.25) is 0 Å². The lowest BCUT2D eigenvalue weighted by molar-refractivity contribution is -0.120. The minimum atomic E-state index is 0.0226. The van der Waals surface area contributed by atoms with Crippen LogP contribution in [0.5, 0.6) is 0 Å². The van der Waals surface area contributed by atoms with Crippen LogP contribution in [0.1, 0.15) is 31.7 Å². The van der Waals surface area contributed by atoms with E-state index in [1.807, 2.05) is 30.3 Å². The molecule has 0 aromatic heterocycles. The van der Waals surface area contributed by atoms with Gasteiger partial charge >= 0.3 is 0 Å². The Kier molecular flexibility index (Phi) is 6.26. The molecule has 0 radical (unpaired) electrons. The van der Waals surface area contributed by atoms with Crippen LogP contribution < -0.4 is 0 Å². The molecule has 0 unspecified atom stereocenters. The molecule has 2 heteroatoms. The minimum absolute atomic E-state index is 0.0226. The molecule has 0 bridgehead atoms. The molecule has 0 amide bonds. The Balaban J connectivity index is 2.22. The average Bonchev–Trinajstić information content (AvgIpc) is 2.37. The first-order valence-corrected chi connectivity index (χ1v) is 6.06. The molecule has 0 N–H and O–H groups in total. The van der Waals surface area contributed by atoms with E-state index in [1.54, 1.807) is 0 Å². The van der Waals surface area contributed by atoms with Crippen LogP contribution >= 0.6 is 0 Å². The number of unbranched alkanes of at least 4 members (excludes halogenated alkanes) is 1. The van der Waals surface area contributed by atoms with E-state index in [0.717, 1.165) is 24.8 Å². The first kappa shape index (κ1) is 13.7. The van der Waals surface area contributed by atoms with E-state index in [2.05, 4.69) is 13.5 Å². The normalized spacial score (nSPS) is 10.2. The van der Waals surface area contributed by atoms with Crippen LogP contribution in [-0.4, -0.2) is 12.4 Å². The lowest BCUT2D eigenvalue weighted by Crippen LogP contribution is -2.10. The van der Waals surface area contributed by atoms with Gasteiger partial charge in [0.1, 0.15) is 6.61 Å². The van der Waals surface area contributed by atoms with Crippen molar-refractivity contribution in [1.82, 2.24) is 0 Å². The van der Waals surface area contributed by atoms with Crippen LogP contribution in [0, 0.1) is 0 Å². The number of benzene rings is 1. The third-order valence-electron chi connectivity index (χ3n) is 2.57. The van der Waals surface area contributed by atoms with Gasteiger partial charge in [0.25, 0.3) is 0 Å². The van der Waals surface area contributed by atoms with E-state index in [1.165, 1.54) is 0 Å². The van der Waals surface area contributed by atoms with Gasteiger partial charge < -0.3 is 4.74 Å². The molecule has 92 valence electrons. The summed E-state index contributed by atoms with van der Waals surface area (Å²) in [5, 5.41) is 0. The second-order valence-corrected chi connectivity index (χ2v) is 4.11. The SMILES string of the molecule is C=C(CCCC)C(=O)COCc1ccccc1. The van der Waals surface area contributed by atoms with Crippen molar-refractivity contribution in [2.45, 2.75) is 32.8 Å². The highest BCUT2D eigenvalue weighted by Crippen LogP contribution is 2.07. The lowest BCUT2D eigenvalue weighted by atomic mass is 10.1. The zero-order valence-corrected chi connectivity index (χ0v) is 10.4. The van der Waals surface area contributed by atoms with Crippen LogP contribution in [0.4, 0.5) is 0 Å². The second-order valence-electron chi connectivity index (χ2n) is 4.11. The van der Waals surface area contributed by atoms with Crippen molar-refractivity contribution in [1.29, 1.82) is 0 Å². The van der Waals surface area contributed by atoms with Crippen LogP contribution in [0.3, 0.4) is 0 Å². The van der Waals surface area contributed by atoms with Crippen molar-refractivity contribution in [3.8, 4) is 0 Å². The van der Waals surface area contributed by atoms with Crippen LogP contribution in [-0.2, 0) is 16.1 Å². The van der Waals surface area contributed by atoms with E-state index >= 15 is 0 Å². The molecule has 0 heterocycles. The van der Waals surface area contributed by atoms with Crippen molar-refractivity contribution in [2.75, 3.05) is 6.61 Å². The molecule has 0 fully saturated rings. The summed E-state index contributed by atoms with van der Waals surface area (Å²) in [7, 11) is 0. The van der Waals surface area contributed by atoms with Crippen molar-refractivity contribution in [3.05, 3.63) is 48.0 Å². The minimum Gasteiger partial charge on any atom is -0.369 e. The fourth-order valence-electron chi connectivity index (χ4n) is 1.47.